The molecule has 0 radical (unpaired) electrons. The lowest BCUT2D eigenvalue weighted by Gasteiger charge is -2.36. The van der Waals surface area contributed by atoms with Gasteiger partial charge < -0.3 is 16.0 Å². The molecule has 2 aliphatic rings. The van der Waals surface area contributed by atoms with Gasteiger partial charge in [0.25, 0.3) is 0 Å². The third-order valence-electron chi connectivity index (χ3n) is 5.16. The van der Waals surface area contributed by atoms with Crippen LogP contribution in [-0.4, -0.2) is 56.1 Å². The SMILES string of the molecule is Cc1cccc(N2CCN(CCC(=O)NCC(N)C3CC3)CC2)c1. The zero-order chi connectivity index (χ0) is 16.9. The molecule has 5 heteroatoms. The molecule has 1 saturated heterocycles. The van der Waals surface area contributed by atoms with E-state index in [1.54, 1.807) is 0 Å². The largest absolute Gasteiger partial charge is 0.369 e. The van der Waals surface area contributed by atoms with Crippen molar-refractivity contribution in [1.82, 2.24) is 10.2 Å². The predicted octanol–water partition coefficient (Wildman–Crippen LogP) is 1.36. The van der Waals surface area contributed by atoms with Crippen molar-refractivity contribution in [3.8, 4) is 0 Å². The van der Waals surface area contributed by atoms with Crippen molar-refractivity contribution in [3.63, 3.8) is 0 Å². The van der Waals surface area contributed by atoms with E-state index in [1.807, 2.05) is 0 Å². The zero-order valence-corrected chi connectivity index (χ0v) is 14.7. The number of piperazine rings is 1. The van der Waals surface area contributed by atoms with Gasteiger partial charge in [-0.05, 0) is 43.4 Å². The summed E-state index contributed by atoms with van der Waals surface area (Å²) in [6.07, 6.45) is 3.02. The highest BCUT2D eigenvalue weighted by Crippen LogP contribution is 2.31. The van der Waals surface area contributed by atoms with Gasteiger partial charge in [0.15, 0.2) is 0 Å². The number of anilines is 1. The molecule has 1 heterocycles. The fourth-order valence-corrected chi connectivity index (χ4v) is 3.33. The summed E-state index contributed by atoms with van der Waals surface area (Å²) in [4.78, 5) is 16.8. The average molecular weight is 330 g/mol. The van der Waals surface area contributed by atoms with Gasteiger partial charge in [-0.25, -0.2) is 0 Å². The van der Waals surface area contributed by atoms with Crippen molar-refractivity contribution in [2.45, 2.75) is 32.2 Å². The lowest BCUT2D eigenvalue weighted by molar-refractivity contribution is -0.121. The topological polar surface area (TPSA) is 61.6 Å². The van der Waals surface area contributed by atoms with Crippen LogP contribution in [0, 0.1) is 12.8 Å². The number of nitrogens with one attached hydrogen (secondary N) is 1. The second-order valence-corrected chi connectivity index (χ2v) is 7.22. The molecule has 3 rings (SSSR count). The quantitative estimate of drug-likeness (QED) is 0.792. The first-order valence-electron chi connectivity index (χ1n) is 9.18. The smallest absolute Gasteiger partial charge is 0.221 e. The second-order valence-electron chi connectivity index (χ2n) is 7.22. The average Bonchev–Trinajstić information content (AvgIpc) is 3.43. The summed E-state index contributed by atoms with van der Waals surface area (Å²) in [5.41, 5.74) is 8.63. The Labute approximate surface area is 145 Å². The fourth-order valence-electron chi connectivity index (χ4n) is 3.33. The maximum atomic E-state index is 12.0. The van der Waals surface area contributed by atoms with Crippen LogP contribution >= 0.6 is 0 Å². The molecular formula is C19H30N4O. The van der Waals surface area contributed by atoms with Crippen LogP contribution in [0.4, 0.5) is 5.69 Å². The molecule has 1 saturated carbocycles. The third kappa shape index (κ3) is 4.95. The van der Waals surface area contributed by atoms with Crippen molar-refractivity contribution < 1.29 is 4.79 Å². The van der Waals surface area contributed by atoms with Crippen LogP contribution in [0.1, 0.15) is 24.8 Å². The molecule has 1 aliphatic carbocycles. The highest BCUT2D eigenvalue weighted by atomic mass is 16.1. The minimum Gasteiger partial charge on any atom is -0.369 e. The highest BCUT2D eigenvalue weighted by Gasteiger charge is 2.28. The number of carbonyl (C=O) groups is 1. The van der Waals surface area contributed by atoms with Gasteiger partial charge >= 0.3 is 0 Å². The zero-order valence-electron chi connectivity index (χ0n) is 14.7. The van der Waals surface area contributed by atoms with Gasteiger partial charge in [0.1, 0.15) is 0 Å². The summed E-state index contributed by atoms with van der Waals surface area (Å²) in [7, 11) is 0. The Morgan fingerprint density at radius 3 is 2.71 bits per heavy atom. The maximum absolute atomic E-state index is 12.0. The van der Waals surface area contributed by atoms with Gasteiger partial charge in [0, 0.05) is 57.4 Å². The van der Waals surface area contributed by atoms with Crippen LogP contribution in [0.2, 0.25) is 0 Å². The Morgan fingerprint density at radius 1 is 1.29 bits per heavy atom. The van der Waals surface area contributed by atoms with Gasteiger partial charge in [0.05, 0.1) is 0 Å². The molecule has 1 aromatic rings. The van der Waals surface area contributed by atoms with Gasteiger partial charge in [-0.3, -0.25) is 9.69 Å². The van der Waals surface area contributed by atoms with Gasteiger partial charge in [0.2, 0.25) is 5.91 Å². The molecule has 2 fully saturated rings. The number of nitrogens with two attached hydrogens (primary N) is 1. The molecule has 1 aromatic carbocycles. The summed E-state index contributed by atoms with van der Waals surface area (Å²) in [5, 5.41) is 2.98. The molecule has 0 spiro atoms. The van der Waals surface area contributed by atoms with Crippen LogP contribution in [0.3, 0.4) is 0 Å². The molecule has 5 nitrogen and oxygen atoms in total. The van der Waals surface area contributed by atoms with E-state index in [0.717, 1.165) is 32.7 Å². The van der Waals surface area contributed by atoms with Crippen molar-refractivity contribution in [2.24, 2.45) is 11.7 Å². The first-order valence-corrected chi connectivity index (χ1v) is 9.18. The molecule has 3 N–H and O–H groups in total. The number of hydrogen-bond acceptors (Lipinski definition) is 4. The van der Waals surface area contributed by atoms with E-state index >= 15 is 0 Å². The monoisotopic (exact) mass is 330 g/mol. The van der Waals surface area contributed by atoms with Crippen molar-refractivity contribution >= 4 is 11.6 Å². The molecule has 0 bridgehead atoms. The Bertz CT molecular complexity index is 550. The molecular weight excluding hydrogens is 300 g/mol. The van der Waals surface area contributed by atoms with Gasteiger partial charge in [-0.1, -0.05) is 12.1 Å². The number of amides is 1. The normalized spacial score (nSPS) is 20.0. The van der Waals surface area contributed by atoms with Gasteiger partial charge in [-0.15, -0.1) is 0 Å². The van der Waals surface area contributed by atoms with E-state index in [-0.39, 0.29) is 11.9 Å². The summed E-state index contributed by atoms with van der Waals surface area (Å²) >= 11 is 0. The fraction of sp³-hybridized carbons (Fsp3) is 0.632. The molecule has 1 amide bonds. The van der Waals surface area contributed by atoms with Crippen LogP contribution in [0.25, 0.3) is 0 Å². The molecule has 132 valence electrons. The van der Waals surface area contributed by atoms with Gasteiger partial charge in [-0.2, -0.15) is 0 Å². The van der Waals surface area contributed by atoms with Crippen LogP contribution < -0.4 is 16.0 Å². The minimum absolute atomic E-state index is 0.132. The molecule has 1 aliphatic heterocycles. The van der Waals surface area contributed by atoms with E-state index in [2.05, 4.69) is 46.3 Å². The van der Waals surface area contributed by atoms with Crippen molar-refractivity contribution in [1.29, 1.82) is 0 Å². The highest BCUT2D eigenvalue weighted by molar-refractivity contribution is 5.76. The summed E-state index contributed by atoms with van der Waals surface area (Å²) < 4.78 is 0. The summed E-state index contributed by atoms with van der Waals surface area (Å²) in [5.74, 6) is 0.771. The lowest BCUT2D eigenvalue weighted by Crippen LogP contribution is -2.47. The van der Waals surface area contributed by atoms with E-state index in [1.165, 1.54) is 24.1 Å². The number of benzene rings is 1. The van der Waals surface area contributed by atoms with Crippen LogP contribution in [0.5, 0.6) is 0 Å². The van der Waals surface area contributed by atoms with E-state index < -0.39 is 0 Å². The molecule has 0 aromatic heterocycles. The first-order chi connectivity index (χ1) is 11.6. The lowest BCUT2D eigenvalue weighted by atomic mass is 10.2. The van der Waals surface area contributed by atoms with E-state index in [0.29, 0.717) is 18.9 Å². The maximum Gasteiger partial charge on any atom is 0.221 e. The Hall–Kier alpha value is -1.59. The minimum atomic E-state index is 0.132. The predicted molar refractivity (Wildman–Crippen MR) is 98.2 cm³/mol. The number of aryl methyl sites for hydroxylation is 1. The Kier molecular flexibility index (Phi) is 5.74. The number of hydrogen-bond donors (Lipinski definition) is 2. The van der Waals surface area contributed by atoms with Crippen LogP contribution in [0.15, 0.2) is 24.3 Å². The third-order valence-corrected chi connectivity index (χ3v) is 5.16. The summed E-state index contributed by atoms with van der Waals surface area (Å²) in [6.45, 7) is 7.69. The Balaban J connectivity index is 1.34. The first kappa shape index (κ1) is 17.2. The number of carbonyl (C=O) groups excluding carboxylic acids is 1. The standard InChI is InChI=1S/C19H30N4O/c1-15-3-2-4-17(13-15)23-11-9-22(10-12-23)8-7-19(24)21-14-18(20)16-5-6-16/h2-4,13,16,18H,5-12,14,20H2,1H3,(H,21,24). The second kappa shape index (κ2) is 7.99. The number of rotatable bonds is 7. The van der Waals surface area contributed by atoms with E-state index in [4.69, 9.17) is 5.73 Å². The van der Waals surface area contributed by atoms with Crippen molar-refractivity contribution in [3.05, 3.63) is 29.8 Å². The molecule has 24 heavy (non-hydrogen) atoms. The summed E-state index contributed by atoms with van der Waals surface area (Å²) in [6, 6.07) is 8.82. The Morgan fingerprint density at radius 2 is 2.04 bits per heavy atom. The van der Waals surface area contributed by atoms with Crippen LogP contribution in [-0.2, 0) is 4.79 Å². The molecule has 1 unspecified atom stereocenters. The molecule has 1 atom stereocenters. The van der Waals surface area contributed by atoms with E-state index in [9.17, 15) is 4.79 Å². The van der Waals surface area contributed by atoms with Crippen molar-refractivity contribution in [2.75, 3.05) is 44.2 Å². The number of nitrogens with zero attached hydrogens (tertiary/aromatic N) is 2.